The Hall–Kier alpha value is -0.910. The zero-order chi connectivity index (χ0) is 13.5. The summed E-state index contributed by atoms with van der Waals surface area (Å²) in [6.07, 6.45) is 4.05. The number of aryl methyl sites for hydroxylation is 1. The van der Waals surface area contributed by atoms with Crippen molar-refractivity contribution in [2.45, 2.75) is 38.1 Å². The van der Waals surface area contributed by atoms with Gasteiger partial charge in [-0.2, -0.15) is 0 Å². The second kappa shape index (κ2) is 4.89. The monoisotopic (exact) mass is 297 g/mol. The van der Waals surface area contributed by atoms with Crippen molar-refractivity contribution in [1.29, 1.82) is 0 Å². The van der Waals surface area contributed by atoms with Crippen LogP contribution in [0.15, 0.2) is 6.07 Å². The molecule has 0 aliphatic heterocycles. The van der Waals surface area contributed by atoms with E-state index in [1.165, 1.54) is 4.88 Å². The fourth-order valence-electron chi connectivity index (χ4n) is 2.39. The molecule has 0 radical (unpaired) electrons. The van der Waals surface area contributed by atoms with Crippen LogP contribution in [0.2, 0.25) is 5.28 Å². The highest BCUT2D eigenvalue weighted by Gasteiger charge is 2.37. The average Bonchev–Trinajstić information content (AvgIpc) is 2.76. The fourth-order valence-corrected chi connectivity index (χ4v) is 3.58. The normalized spacial score (nSPS) is 17.4. The maximum absolute atomic E-state index is 9.55. The van der Waals surface area contributed by atoms with Gasteiger partial charge in [0.25, 0.3) is 0 Å². The lowest BCUT2D eigenvalue weighted by Crippen LogP contribution is -2.48. The topological polar surface area (TPSA) is 58.0 Å². The molecular weight excluding hydrogens is 282 g/mol. The second-order valence-corrected chi connectivity index (χ2v) is 6.50. The van der Waals surface area contributed by atoms with Gasteiger partial charge in [-0.3, -0.25) is 0 Å². The van der Waals surface area contributed by atoms with Gasteiger partial charge in [0.1, 0.15) is 10.6 Å². The van der Waals surface area contributed by atoms with Gasteiger partial charge in [-0.25, -0.2) is 9.97 Å². The van der Waals surface area contributed by atoms with Crippen LogP contribution in [-0.4, -0.2) is 27.2 Å². The number of hydrogen-bond acceptors (Lipinski definition) is 5. The lowest BCUT2D eigenvalue weighted by Gasteiger charge is -2.41. The van der Waals surface area contributed by atoms with Gasteiger partial charge >= 0.3 is 0 Å². The minimum absolute atomic E-state index is 0.126. The third kappa shape index (κ3) is 2.30. The molecule has 0 saturated heterocycles. The van der Waals surface area contributed by atoms with Gasteiger partial charge in [0, 0.05) is 4.88 Å². The smallest absolute Gasteiger partial charge is 0.225 e. The molecular formula is C13H16ClN3OS. The molecule has 19 heavy (non-hydrogen) atoms. The molecule has 6 heteroatoms. The Labute approximate surface area is 120 Å². The summed E-state index contributed by atoms with van der Waals surface area (Å²) < 4.78 is 0. The highest BCUT2D eigenvalue weighted by Crippen LogP contribution is 2.38. The maximum Gasteiger partial charge on any atom is 0.225 e. The first-order valence-corrected chi connectivity index (χ1v) is 7.70. The molecule has 4 nitrogen and oxygen atoms in total. The van der Waals surface area contributed by atoms with Crippen molar-refractivity contribution in [3.63, 3.8) is 0 Å². The lowest BCUT2D eigenvalue weighted by molar-refractivity contribution is 0.144. The van der Waals surface area contributed by atoms with E-state index < -0.39 is 0 Å². The van der Waals surface area contributed by atoms with Crippen LogP contribution in [0.25, 0.3) is 10.2 Å². The van der Waals surface area contributed by atoms with Gasteiger partial charge < -0.3 is 10.4 Å². The molecule has 1 aliphatic carbocycles. The van der Waals surface area contributed by atoms with E-state index >= 15 is 0 Å². The van der Waals surface area contributed by atoms with Crippen LogP contribution in [0.4, 0.5) is 5.82 Å². The number of rotatable bonds is 4. The molecule has 1 aliphatic rings. The first-order valence-electron chi connectivity index (χ1n) is 6.51. The maximum atomic E-state index is 9.55. The number of aromatic nitrogens is 2. The van der Waals surface area contributed by atoms with Gasteiger partial charge in [0.2, 0.25) is 5.28 Å². The summed E-state index contributed by atoms with van der Waals surface area (Å²) in [5.74, 6) is 0.750. The minimum atomic E-state index is -0.223. The van der Waals surface area contributed by atoms with E-state index in [2.05, 4.69) is 28.3 Å². The SMILES string of the molecule is CCc1cc2c(NC3(CO)CCC3)nc(Cl)nc2s1. The van der Waals surface area contributed by atoms with E-state index in [-0.39, 0.29) is 17.4 Å². The molecule has 2 N–H and O–H groups in total. The summed E-state index contributed by atoms with van der Waals surface area (Å²) >= 11 is 7.64. The predicted molar refractivity (Wildman–Crippen MR) is 79.1 cm³/mol. The Morgan fingerprint density at radius 2 is 2.26 bits per heavy atom. The van der Waals surface area contributed by atoms with E-state index in [9.17, 15) is 5.11 Å². The summed E-state index contributed by atoms with van der Waals surface area (Å²) in [6.45, 7) is 2.24. The van der Waals surface area contributed by atoms with Crippen LogP contribution in [0, 0.1) is 0 Å². The number of nitrogens with zero attached hydrogens (tertiary/aromatic N) is 2. The zero-order valence-corrected chi connectivity index (χ0v) is 12.3. The molecule has 102 valence electrons. The standard InChI is InChI=1S/C13H16ClN3OS/c1-2-8-6-9-10(15-12(14)16-11(9)19-8)17-13(7-18)4-3-5-13/h6,18H,2-5,7H2,1H3,(H,15,16,17). The molecule has 0 bridgehead atoms. The van der Waals surface area contributed by atoms with Crippen molar-refractivity contribution in [2.75, 3.05) is 11.9 Å². The van der Waals surface area contributed by atoms with Crippen LogP contribution in [0.3, 0.4) is 0 Å². The quantitative estimate of drug-likeness (QED) is 0.851. The number of fused-ring (bicyclic) bond motifs is 1. The molecule has 1 fully saturated rings. The number of nitrogens with one attached hydrogen (secondary N) is 1. The van der Waals surface area contributed by atoms with Gasteiger partial charge in [0.15, 0.2) is 0 Å². The van der Waals surface area contributed by atoms with Crippen molar-refractivity contribution in [1.82, 2.24) is 9.97 Å². The van der Waals surface area contributed by atoms with Crippen molar-refractivity contribution >= 4 is 39.0 Å². The summed E-state index contributed by atoms with van der Waals surface area (Å²) in [5, 5.41) is 14.2. The molecule has 3 rings (SSSR count). The van der Waals surface area contributed by atoms with Crippen molar-refractivity contribution in [2.24, 2.45) is 0 Å². The lowest BCUT2D eigenvalue weighted by atomic mass is 9.77. The molecule has 2 aromatic heterocycles. The van der Waals surface area contributed by atoms with Crippen LogP contribution in [0.1, 0.15) is 31.1 Å². The van der Waals surface area contributed by atoms with Crippen LogP contribution in [0.5, 0.6) is 0 Å². The molecule has 0 atom stereocenters. The van der Waals surface area contributed by atoms with Gasteiger partial charge in [-0.1, -0.05) is 6.92 Å². The largest absolute Gasteiger partial charge is 0.394 e. The molecule has 0 amide bonds. The summed E-state index contributed by atoms with van der Waals surface area (Å²) in [5.41, 5.74) is -0.223. The summed E-state index contributed by atoms with van der Waals surface area (Å²) in [6, 6.07) is 2.11. The number of aliphatic hydroxyl groups excluding tert-OH is 1. The molecule has 0 unspecified atom stereocenters. The number of anilines is 1. The number of thiophene rings is 1. The van der Waals surface area contributed by atoms with Crippen LogP contribution >= 0.6 is 22.9 Å². The Balaban J connectivity index is 2.03. The molecule has 0 spiro atoms. The average molecular weight is 298 g/mol. The zero-order valence-electron chi connectivity index (χ0n) is 10.7. The highest BCUT2D eigenvalue weighted by atomic mass is 35.5. The fraction of sp³-hybridized carbons (Fsp3) is 0.538. The van der Waals surface area contributed by atoms with E-state index in [1.807, 2.05) is 0 Å². The number of aliphatic hydroxyl groups is 1. The van der Waals surface area contributed by atoms with Gasteiger partial charge in [0.05, 0.1) is 17.5 Å². The Morgan fingerprint density at radius 3 is 2.84 bits per heavy atom. The van der Waals surface area contributed by atoms with Gasteiger partial charge in [-0.15, -0.1) is 11.3 Å². The first-order chi connectivity index (χ1) is 9.15. The Bertz CT molecular complexity index is 604. The van der Waals surface area contributed by atoms with E-state index in [1.54, 1.807) is 11.3 Å². The minimum Gasteiger partial charge on any atom is -0.394 e. The van der Waals surface area contributed by atoms with Crippen molar-refractivity contribution in [3.8, 4) is 0 Å². The molecule has 0 aromatic carbocycles. The van der Waals surface area contributed by atoms with E-state index in [0.29, 0.717) is 0 Å². The van der Waals surface area contributed by atoms with Crippen LogP contribution < -0.4 is 5.32 Å². The van der Waals surface area contributed by atoms with Crippen LogP contribution in [-0.2, 0) is 6.42 Å². The molecule has 2 aromatic rings. The predicted octanol–water partition coefficient (Wildman–Crippen LogP) is 3.23. The molecule has 1 saturated carbocycles. The van der Waals surface area contributed by atoms with Gasteiger partial charge in [-0.05, 0) is 43.4 Å². The van der Waals surface area contributed by atoms with E-state index in [4.69, 9.17) is 11.6 Å². The second-order valence-electron chi connectivity index (χ2n) is 5.04. The Kier molecular flexibility index (Phi) is 3.37. The molecule has 2 heterocycles. The summed E-state index contributed by atoms with van der Waals surface area (Å²) in [4.78, 5) is 10.8. The first kappa shape index (κ1) is 13.1. The Morgan fingerprint density at radius 1 is 1.47 bits per heavy atom. The van der Waals surface area contributed by atoms with Crippen molar-refractivity contribution in [3.05, 3.63) is 16.2 Å². The third-order valence-corrected chi connectivity index (χ3v) is 5.10. The highest BCUT2D eigenvalue weighted by molar-refractivity contribution is 7.18. The number of halogens is 1. The summed E-state index contributed by atoms with van der Waals surface area (Å²) in [7, 11) is 0. The number of hydrogen-bond donors (Lipinski definition) is 2. The third-order valence-electron chi connectivity index (χ3n) is 3.76. The van der Waals surface area contributed by atoms with Crippen molar-refractivity contribution < 1.29 is 5.11 Å². The van der Waals surface area contributed by atoms with E-state index in [0.717, 1.165) is 41.7 Å².